The van der Waals surface area contributed by atoms with Crippen molar-refractivity contribution in [2.45, 2.75) is 52.0 Å². The number of hydrogen-bond acceptors (Lipinski definition) is 7. The van der Waals surface area contributed by atoms with Crippen LogP contribution in [-0.2, 0) is 27.4 Å². The van der Waals surface area contributed by atoms with Gasteiger partial charge in [0.25, 0.3) is 0 Å². The average molecular weight is 509 g/mol. The Labute approximate surface area is 217 Å². The molecule has 0 fully saturated rings. The molecule has 0 aliphatic carbocycles. The summed E-state index contributed by atoms with van der Waals surface area (Å²) < 4.78 is 13.4. The molecule has 0 saturated heterocycles. The predicted molar refractivity (Wildman–Crippen MR) is 141 cm³/mol. The first-order valence-corrected chi connectivity index (χ1v) is 12.8. The molecular weight excluding hydrogens is 472 g/mol. The van der Waals surface area contributed by atoms with E-state index in [-0.39, 0.29) is 36.7 Å². The number of benzene rings is 2. The van der Waals surface area contributed by atoms with Crippen LogP contribution in [0, 0.1) is 5.92 Å². The van der Waals surface area contributed by atoms with E-state index >= 15 is 0 Å². The zero-order valence-corrected chi connectivity index (χ0v) is 21.7. The van der Waals surface area contributed by atoms with Crippen molar-refractivity contribution in [3.63, 3.8) is 0 Å². The third kappa shape index (κ3) is 7.50. The van der Waals surface area contributed by atoms with Crippen LogP contribution in [0.2, 0.25) is 0 Å². The van der Waals surface area contributed by atoms with E-state index in [9.17, 15) is 9.59 Å². The van der Waals surface area contributed by atoms with Gasteiger partial charge in [-0.2, -0.15) is 0 Å². The minimum atomic E-state index is -0.261. The van der Waals surface area contributed by atoms with Crippen molar-refractivity contribution in [3.05, 3.63) is 54.4 Å². The highest BCUT2D eigenvalue weighted by atomic mass is 16.5. The van der Waals surface area contributed by atoms with Gasteiger partial charge in [-0.3, -0.25) is 9.48 Å². The maximum Gasteiger partial charge on any atom is 0.321 e. The van der Waals surface area contributed by atoms with Gasteiger partial charge >= 0.3 is 12.0 Å². The first-order chi connectivity index (χ1) is 17.9. The van der Waals surface area contributed by atoms with Gasteiger partial charge < -0.3 is 25.0 Å². The van der Waals surface area contributed by atoms with E-state index in [1.54, 1.807) is 16.6 Å². The molecule has 1 aliphatic heterocycles. The lowest BCUT2D eigenvalue weighted by molar-refractivity contribution is -0.144. The molecule has 3 atom stereocenters. The summed E-state index contributed by atoms with van der Waals surface area (Å²) >= 11 is 0. The van der Waals surface area contributed by atoms with Gasteiger partial charge in [0.05, 0.1) is 24.6 Å². The van der Waals surface area contributed by atoms with Crippen LogP contribution in [0.15, 0.2) is 48.7 Å². The normalized spacial score (nSPS) is 21.8. The number of fused-ring (bicyclic) bond motifs is 3. The predicted octanol–water partition coefficient (Wildman–Crippen LogP) is 3.43. The molecule has 10 nitrogen and oxygen atoms in total. The van der Waals surface area contributed by atoms with Crippen LogP contribution in [0.5, 0.6) is 0 Å². The summed E-state index contributed by atoms with van der Waals surface area (Å²) in [5.41, 5.74) is 1.47. The van der Waals surface area contributed by atoms with E-state index in [2.05, 4.69) is 27.9 Å². The average Bonchev–Trinajstić information content (AvgIpc) is 3.35. The highest BCUT2D eigenvalue weighted by Crippen LogP contribution is 2.23. The van der Waals surface area contributed by atoms with Gasteiger partial charge in [0, 0.05) is 44.5 Å². The van der Waals surface area contributed by atoms with Crippen LogP contribution in [0.25, 0.3) is 10.8 Å². The number of nitrogens with zero attached hydrogens (tertiary/aromatic N) is 4. The van der Waals surface area contributed by atoms with Crippen LogP contribution in [0.3, 0.4) is 0 Å². The fourth-order valence-corrected chi connectivity index (χ4v) is 4.25. The number of carbonyl (C=O) groups is 2. The third-order valence-electron chi connectivity index (χ3n) is 6.55. The Morgan fingerprint density at radius 3 is 2.89 bits per heavy atom. The first kappa shape index (κ1) is 26.6. The first-order valence-electron chi connectivity index (χ1n) is 12.8. The van der Waals surface area contributed by atoms with E-state index < -0.39 is 0 Å². The number of ether oxygens (including phenoxy) is 2. The summed E-state index contributed by atoms with van der Waals surface area (Å²) in [7, 11) is 1.77. The molecule has 10 heteroatoms. The molecule has 198 valence electrons. The second kappa shape index (κ2) is 12.6. The number of aromatic nitrogens is 3. The summed E-state index contributed by atoms with van der Waals surface area (Å²) in [4.78, 5) is 26.8. The molecule has 2 amide bonds. The smallest absolute Gasteiger partial charge is 0.321 e. The van der Waals surface area contributed by atoms with Crippen molar-refractivity contribution < 1.29 is 19.1 Å². The fourth-order valence-electron chi connectivity index (χ4n) is 4.25. The van der Waals surface area contributed by atoms with Gasteiger partial charge in [-0.05, 0) is 30.7 Å². The van der Waals surface area contributed by atoms with Crippen molar-refractivity contribution in [1.29, 1.82) is 0 Å². The maximum atomic E-state index is 13.1. The highest BCUT2D eigenvalue weighted by molar-refractivity contribution is 6.01. The quantitative estimate of drug-likeness (QED) is 0.522. The van der Waals surface area contributed by atoms with Crippen LogP contribution in [0.1, 0.15) is 32.4 Å². The molecule has 2 aromatic carbocycles. The molecule has 0 unspecified atom stereocenters. The number of carbonyl (C=O) groups excluding carboxylic acids is 2. The van der Waals surface area contributed by atoms with Crippen LogP contribution in [0.4, 0.5) is 10.5 Å². The lowest BCUT2D eigenvalue weighted by atomic mass is 10.0. The number of esters is 1. The minimum absolute atomic E-state index is 0.0000143. The minimum Gasteiger partial charge on any atom is -0.464 e. The van der Waals surface area contributed by atoms with Crippen LogP contribution >= 0.6 is 0 Å². The van der Waals surface area contributed by atoms with E-state index in [1.165, 1.54) is 0 Å². The molecule has 0 radical (unpaired) electrons. The Hall–Kier alpha value is -3.50. The maximum absolute atomic E-state index is 13.1. The van der Waals surface area contributed by atoms with Crippen molar-refractivity contribution in [1.82, 2.24) is 25.2 Å². The molecule has 1 aromatic heterocycles. The van der Waals surface area contributed by atoms with E-state index in [0.717, 1.165) is 16.5 Å². The third-order valence-corrected chi connectivity index (χ3v) is 6.55. The standard InChI is InChI=1S/C27H36N6O4/c1-19-14-28-20(2)17-37-26(34)12-7-13-33-15-22(30-31-33)18-36-25(19)16-32(3)27(35)29-24-11-6-9-21-8-4-5-10-23(21)24/h4-6,8-11,15,19-20,25,28H,7,12-14,16-18H2,1-3H3,(H,29,35)/t19-,20-,25-/m0/s1. The number of urea groups is 1. The molecule has 4 rings (SSSR count). The Morgan fingerprint density at radius 1 is 1.22 bits per heavy atom. The van der Waals surface area contributed by atoms with Gasteiger partial charge in [-0.15, -0.1) is 5.10 Å². The molecular formula is C27H36N6O4. The lowest BCUT2D eigenvalue weighted by Gasteiger charge is -2.30. The molecule has 3 aromatic rings. The van der Waals surface area contributed by atoms with E-state index in [0.29, 0.717) is 44.8 Å². The summed E-state index contributed by atoms with van der Waals surface area (Å²) in [5.74, 6) is -0.150. The van der Waals surface area contributed by atoms with Gasteiger partial charge in [0.15, 0.2) is 0 Å². The number of amides is 2. The van der Waals surface area contributed by atoms with E-state index in [1.807, 2.05) is 55.6 Å². The molecule has 2 N–H and O–H groups in total. The van der Waals surface area contributed by atoms with Gasteiger partial charge in [-0.25, -0.2) is 4.79 Å². The number of rotatable bonds is 3. The Kier molecular flexibility index (Phi) is 9.08. The topological polar surface area (TPSA) is 111 Å². The number of hydrogen-bond donors (Lipinski definition) is 2. The zero-order valence-electron chi connectivity index (χ0n) is 21.7. The zero-order chi connectivity index (χ0) is 26.2. The summed E-state index contributed by atoms with van der Waals surface area (Å²) in [6.07, 6.45) is 2.53. The van der Waals surface area contributed by atoms with Crippen molar-refractivity contribution in [2.24, 2.45) is 5.92 Å². The molecule has 2 bridgehead atoms. The fraction of sp³-hybridized carbons (Fsp3) is 0.481. The summed E-state index contributed by atoms with van der Waals surface area (Å²) in [5, 5.41) is 16.8. The molecule has 1 aliphatic rings. The number of cyclic esters (lactones) is 1. The van der Waals surface area contributed by atoms with Crippen molar-refractivity contribution >= 4 is 28.5 Å². The lowest BCUT2D eigenvalue weighted by Crippen LogP contribution is -2.44. The monoisotopic (exact) mass is 508 g/mol. The van der Waals surface area contributed by atoms with Crippen LogP contribution in [-0.4, -0.2) is 70.8 Å². The Balaban J connectivity index is 1.44. The van der Waals surface area contributed by atoms with E-state index in [4.69, 9.17) is 9.47 Å². The number of anilines is 1. The van der Waals surface area contributed by atoms with Gasteiger partial charge in [0.1, 0.15) is 12.3 Å². The highest BCUT2D eigenvalue weighted by Gasteiger charge is 2.24. The number of nitrogens with one attached hydrogen (secondary N) is 2. The van der Waals surface area contributed by atoms with Crippen molar-refractivity contribution in [3.8, 4) is 0 Å². The Morgan fingerprint density at radius 2 is 2.03 bits per heavy atom. The second-order valence-electron chi connectivity index (χ2n) is 9.73. The SMILES string of the molecule is C[C@H]1COC(=O)CCCn2cc(nn2)CO[C@@H](CN(C)C(=O)Nc2cccc3ccccc23)[C@@H](C)CN1. The van der Waals surface area contributed by atoms with Crippen LogP contribution < -0.4 is 10.6 Å². The number of likely N-dealkylation sites (N-methyl/N-ethyl adjacent to an activating group) is 1. The summed E-state index contributed by atoms with van der Waals surface area (Å²) in [6, 6.07) is 13.6. The molecule has 0 spiro atoms. The van der Waals surface area contributed by atoms with Gasteiger partial charge in [0.2, 0.25) is 0 Å². The molecule has 0 saturated carbocycles. The molecule has 37 heavy (non-hydrogen) atoms. The summed E-state index contributed by atoms with van der Waals surface area (Å²) in [6.45, 7) is 6.24. The Bertz CT molecular complexity index is 1190. The number of aryl methyl sites for hydroxylation is 1. The van der Waals surface area contributed by atoms with Gasteiger partial charge in [-0.1, -0.05) is 48.5 Å². The molecule has 2 heterocycles. The van der Waals surface area contributed by atoms with Crippen molar-refractivity contribution in [2.75, 3.05) is 32.1 Å². The largest absolute Gasteiger partial charge is 0.464 e. The second-order valence-corrected chi connectivity index (χ2v) is 9.73.